The molecule has 1 N–H and O–H groups in total. The van der Waals surface area contributed by atoms with Crippen molar-refractivity contribution in [1.82, 2.24) is 14.8 Å². The summed E-state index contributed by atoms with van der Waals surface area (Å²) in [4.78, 5) is 18.2. The topological polar surface area (TPSA) is 59.8 Å². The van der Waals surface area contributed by atoms with E-state index >= 15 is 0 Å². The van der Waals surface area contributed by atoms with Crippen molar-refractivity contribution in [1.29, 1.82) is 0 Å². The summed E-state index contributed by atoms with van der Waals surface area (Å²) in [5.41, 5.74) is 4.30. The Morgan fingerprint density at radius 1 is 1.26 bits per heavy atom. The highest BCUT2D eigenvalue weighted by Gasteiger charge is 2.16. The Labute approximate surface area is 165 Å². The van der Waals surface area contributed by atoms with Gasteiger partial charge in [-0.25, -0.2) is 9.67 Å². The van der Waals surface area contributed by atoms with Gasteiger partial charge in [0, 0.05) is 27.3 Å². The van der Waals surface area contributed by atoms with Crippen molar-refractivity contribution in [3.8, 4) is 10.4 Å². The van der Waals surface area contributed by atoms with Crippen LogP contribution in [-0.2, 0) is 11.3 Å². The molecule has 0 aliphatic carbocycles. The van der Waals surface area contributed by atoms with Crippen LogP contribution in [0.4, 0.5) is 5.69 Å². The first-order valence-electron chi connectivity index (χ1n) is 8.45. The third-order valence-electron chi connectivity index (χ3n) is 4.36. The summed E-state index contributed by atoms with van der Waals surface area (Å²) in [6.07, 6.45) is 1.76. The number of rotatable bonds is 4. The van der Waals surface area contributed by atoms with E-state index in [-0.39, 0.29) is 12.5 Å². The molecule has 0 atom stereocenters. The number of benzene rings is 1. The normalized spacial score (nSPS) is 11.1. The molecule has 3 heterocycles. The maximum Gasteiger partial charge on any atom is 0.246 e. The molecule has 0 fully saturated rings. The Balaban J connectivity index is 1.66. The number of amides is 1. The van der Waals surface area contributed by atoms with Crippen LogP contribution in [0.25, 0.3) is 21.5 Å². The molecule has 0 radical (unpaired) electrons. The molecular formula is C20H17ClN4OS. The van der Waals surface area contributed by atoms with Crippen LogP contribution in [0.15, 0.2) is 48.0 Å². The van der Waals surface area contributed by atoms with Crippen LogP contribution >= 0.6 is 22.9 Å². The average Bonchev–Trinajstić information content (AvgIpc) is 3.27. The molecule has 0 bridgehead atoms. The van der Waals surface area contributed by atoms with Crippen molar-refractivity contribution in [3.63, 3.8) is 0 Å². The van der Waals surface area contributed by atoms with Gasteiger partial charge in [-0.2, -0.15) is 5.10 Å². The third kappa shape index (κ3) is 3.46. The molecule has 1 amide bonds. The second kappa shape index (κ2) is 7.13. The maximum absolute atomic E-state index is 12.6. The second-order valence-electron chi connectivity index (χ2n) is 6.28. The molecule has 0 saturated heterocycles. The molecule has 0 unspecified atom stereocenters. The van der Waals surface area contributed by atoms with Crippen LogP contribution < -0.4 is 5.32 Å². The number of carbonyl (C=O) groups is 1. The Morgan fingerprint density at radius 2 is 2.11 bits per heavy atom. The molecule has 136 valence electrons. The molecule has 1 aromatic carbocycles. The number of hydrogen-bond acceptors (Lipinski definition) is 4. The minimum Gasteiger partial charge on any atom is -0.324 e. The SMILES string of the molecule is Cc1ccc(Cl)cc1NC(=O)Cn1nc(C)c2c(-c3cccs3)ccnc21. The summed E-state index contributed by atoms with van der Waals surface area (Å²) in [5.74, 6) is -0.173. The molecule has 0 spiro atoms. The van der Waals surface area contributed by atoms with E-state index in [1.54, 1.807) is 34.3 Å². The van der Waals surface area contributed by atoms with Crippen molar-refractivity contribution in [2.24, 2.45) is 0 Å². The average molecular weight is 397 g/mol. The van der Waals surface area contributed by atoms with Gasteiger partial charge in [0.1, 0.15) is 6.54 Å². The molecule has 27 heavy (non-hydrogen) atoms. The molecule has 5 nitrogen and oxygen atoms in total. The summed E-state index contributed by atoms with van der Waals surface area (Å²) in [5, 5.41) is 11.1. The smallest absolute Gasteiger partial charge is 0.246 e. The van der Waals surface area contributed by atoms with Gasteiger partial charge in [-0.15, -0.1) is 11.3 Å². The summed E-state index contributed by atoms with van der Waals surface area (Å²) in [7, 11) is 0. The van der Waals surface area contributed by atoms with Gasteiger partial charge in [0.2, 0.25) is 5.91 Å². The Hall–Kier alpha value is -2.70. The first kappa shape index (κ1) is 17.7. The zero-order valence-corrected chi connectivity index (χ0v) is 16.4. The van der Waals surface area contributed by atoms with Gasteiger partial charge < -0.3 is 5.32 Å². The van der Waals surface area contributed by atoms with Crippen LogP contribution in [0.3, 0.4) is 0 Å². The van der Waals surface area contributed by atoms with E-state index in [1.807, 2.05) is 37.4 Å². The number of aromatic nitrogens is 3. The number of thiophene rings is 1. The van der Waals surface area contributed by atoms with E-state index in [2.05, 4.69) is 21.5 Å². The Kier molecular flexibility index (Phi) is 4.68. The summed E-state index contributed by atoms with van der Waals surface area (Å²) in [6, 6.07) is 11.5. The molecule has 0 saturated carbocycles. The molecule has 0 aliphatic heterocycles. The highest BCUT2D eigenvalue weighted by Crippen LogP contribution is 2.32. The number of anilines is 1. The van der Waals surface area contributed by atoms with Gasteiger partial charge in [0.25, 0.3) is 0 Å². The lowest BCUT2D eigenvalue weighted by Gasteiger charge is -2.09. The van der Waals surface area contributed by atoms with Crippen molar-refractivity contribution in [2.45, 2.75) is 20.4 Å². The molecule has 3 aromatic heterocycles. The van der Waals surface area contributed by atoms with Crippen LogP contribution in [-0.4, -0.2) is 20.7 Å². The maximum atomic E-state index is 12.6. The zero-order chi connectivity index (χ0) is 19.0. The number of carbonyl (C=O) groups excluding carboxylic acids is 1. The first-order chi connectivity index (χ1) is 13.0. The molecular weight excluding hydrogens is 380 g/mol. The number of halogens is 1. The van der Waals surface area contributed by atoms with Crippen molar-refractivity contribution < 1.29 is 4.79 Å². The van der Waals surface area contributed by atoms with E-state index in [1.165, 1.54) is 0 Å². The largest absolute Gasteiger partial charge is 0.324 e. The van der Waals surface area contributed by atoms with Gasteiger partial charge >= 0.3 is 0 Å². The number of fused-ring (bicyclic) bond motifs is 1. The number of nitrogens with one attached hydrogen (secondary N) is 1. The molecule has 4 aromatic rings. The lowest BCUT2D eigenvalue weighted by molar-refractivity contribution is -0.116. The van der Waals surface area contributed by atoms with E-state index in [9.17, 15) is 4.79 Å². The lowest BCUT2D eigenvalue weighted by atomic mass is 10.1. The Morgan fingerprint density at radius 3 is 2.89 bits per heavy atom. The fourth-order valence-electron chi connectivity index (χ4n) is 3.08. The van der Waals surface area contributed by atoms with E-state index < -0.39 is 0 Å². The number of nitrogens with zero attached hydrogens (tertiary/aromatic N) is 3. The molecule has 4 rings (SSSR count). The van der Waals surface area contributed by atoms with Gasteiger partial charge in [0.05, 0.1) is 11.1 Å². The van der Waals surface area contributed by atoms with Crippen molar-refractivity contribution >= 4 is 45.6 Å². The van der Waals surface area contributed by atoms with E-state index in [4.69, 9.17) is 11.6 Å². The van der Waals surface area contributed by atoms with Gasteiger partial charge in [-0.1, -0.05) is 23.7 Å². The predicted octanol–water partition coefficient (Wildman–Crippen LogP) is 5.07. The number of pyridine rings is 1. The van der Waals surface area contributed by atoms with Crippen LogP contribution in [0.2, 0.25) is 5.02 Å². The third-order valence-corrected chi connectivity index (χ3v) is 5.50. The summed E-state index contributed by atoms with van der Waals surface area (Å²) in [6.45, 7) is 3.95. The zero-order valence-electron chi connectivity index (χ0n) is 14.9. The van der Waals surface area contributed by atoms with E-state index in [0.717, 1.165) is 27.1 Å². The highest BCUT2D eigenvalue weighted by atomic mass is 35.5. The van der Waals surface area contributed by atoms with E-state index in [0.29, 0.717) is 16.4 Å². The van der Waals surface area contributed by atoms with Gasteiger partial charge in [-0.05, 0) is 49.1 Å². The summed E-state index contributed by atoms with van der Waals surface area (Å²) >= 11 is 7.70. The Bertz CT molecular complexity index is 1130. The minimum atomic E-state index is -0.173. The number of aryl methyl sites for hydroxylation is 2. The van der Waals surface area contributed by atoms with Crippen LogP contribution in [0.1, 0.15) is 11.3 Å². The standard InChI is InChI=1S/C20H17ClN4OS/c1-12-5-6-14(21)10-16(12)23-18(26)11-25-20-19(13(2)24-25)15(7-8-22-20)17-4-3-9-27-17/h3-10H,11H2,1-2H3,(H,23,26). The predicted molar refractivity (Wildman–Crippen MR) is 110 cm³/mol. The van der Waals surface area contributed by atoms with Crippen LogP contribution in [0.5, 0.6) is 0 Å². The lowest BCUT2D eigenvalue weighted by Crippen LogP contribution is -2.20. The van der Waals surface area contributed by atoms with Crippen molar-refractivity contribution in [3.05, 3.63) is 64.3 Å². The van der Waals surface area contributed by atoms with Gasteiger partial charge in [0.15, 0.2) is 5.65 Å². The molecule has 7 heteroatoms. The number of hydrogen-bond donors (Lipinski definition) is 1. The molecule has 0 aliphatic rings. The quantitative estimate of drug-likeness (QED) is 0.524. The summed E-state index contributed by atoms with van der Waals surface area (Å²) < 4.78 is 1.65. The van der Waals surface area contributed by atoms with Gasteiger partial charge in [-0.3, -0.25) is 4.79 Å². The fraction of sp³-hybridized carbons (Fsp3) is 0.150. The fourth-order valence-corrected chi connectivity index (χ4v) is 4.01. The monoisotopic (exact) mass is 396 g/mol. The van der Waals surface area contributed by atoms with Crippen molar-refractivity contribution in [2.75, 3.05) is 5.32 Å². The second-order valence-corrected chi connectivity index (χ2v) is 7.67. The highest BCUT2D eigenvalue weighted by molar-refractivity contribution is 7.13. The minimum absolute atomic E-state index is 0.0805. The van der Waals surface area contributed by atoms with Crippen LogP contribution in [0, 0.1) is 13.8 Å². The first-order valence-corrected chi connectivity index (χ1v) is 9.70.